The van der Waals surface area contributed by atoms with E-state index < -0.39 is 126 Å². The molecule has 0 radical (unpaired) electrons. The standard InChI is InChI=1S/3C12H16OS.C7H8F8NO4S3.C4H6F4NO4S2.C3F6NO4S2/c3*1-9-7-11(8-10(2)12(9)13)14-5-3-4-6-14;1-4(8,9)3-6(12,13)22(17,18)16-23(19,20)7(14,15)21-5(2,10)11;1-3(5,6)14(10,11)9-15(12,13)4(2,7)8;4-1(5)2(6,7)15(11,12)10-16(13,14)3(1,8)9/h3*7-8H,3-6H2,1-2H3;3H2,1-2H3;1-2H3;/q;;;3*-1/p+3. The van der Waals surface area contributed by atoms with Crippen LogP contribution in [-0.2, 0) is 92.8 Å². The highest BCUT2D eigenvalue weighted by molar-refractivity contribution is 8.21. The Kier molecular flexibility index (Phi) is 29.2. The van der Waals surface area contributed by atoms with Gasteiger partial charge in [-0.1, -0.05) is 0 Å². The lowest BCUT2D eigenvalue weighted by Crippen LogP contribution is -2.64. The van der Waals surface area contributed by atoms with Crippen molar-refractivity contribution in [3.63, 3.8) is 0 Å². The second-order valence-corrected chi connectivity index (χ2v) is 41.2. The Bertz CT molecular complexity index is 3550. The van der Waals surface area contributed by atoms with Crippen LogP contribution in [0.15, 0.2) is 51.1 Å². The highest BCUT2D eigenvalue weighted by Gasteiger charge is 2.81. The van der Waals surface area contributed by atoms with Gasteiger partial charge < -0.3 is 27.7 Å². The van der Waals surface area contributed by atoms with Crippen molar-refractivity contribution in [1.29, 1.82) is 0 Å². The van der Waals surface area contributed by atoms with Crippen LogP contribution in [0.1, 0.15) is 106 Å². The number of thioether (sulfide) groups is 1. The molecule has 0 spiro atoms. The van der Waals surface area contributed by atoms with Crippen molar-refractivity contribution in [1.82, 2.24) is 0 Å². The summed E-state index contributed by atoms with van der Waals surface area (Å²) in [5.41, 5.74) is 6.16. The van der Waals surface area contributed by atoms with Gasteiger partial charge in [0.1, 0.15) is 81.8 Å². The summed E-state index contributed by atoms with van der Waals surface area (Å²) in [6.07, 6.45) is 5.52. The number of nitrogens with zero attached hydrogens (tertiary/aromatic N) is 3. The number of alkyl halides is 18. The van der Waals surface area contributed by atoms with Gasteiger partial charge >= 0.3 is 36.8 Å². The van der Waals surface area contributed by atoms with Crippen LogP contribution >= 0.6 is 11.8 Å². The average Bonchev–Trinajstić information content (AvgIpc) is 0.744. The molecule has 0 saturated carbocycles. The van der Waals surface area contributed by atoms with E-state index in [4.69, 9.17) is 0 Å². The molecule has 3 aromatic rings. The molecule has 3 aromatic carbocycles. The molecular formula is C50H65F18N3O15S10. The van der Waals surface area contributed by atoms with E-state index >= 15 is 0 Å². The zero-order chi connectivity index (χ0) is 75.4. The van der Waals surface area contributed by atoms with Gasteiger partial charge in [-0.3, -0.25) is 0 Å². The predicted octanol–water partition coefficient (Wildman–Crippen LogP) is 14.0. The van der Waals surface area contributed by atoms with Gasteiger partial charge in [0.2, 0.25) is 0 Å². The van der Waals surface area contributed by atoms with E-state index in [1.54, 1.807) is 0 Å². The number of aromatic hydroxyl groups is 3. The van der Waals surface area contributed by atoms with Crippen molar-refractivity contribution in [2.24, 2.45) is 0 Å². The van der Waals surface area contributed by atoms with Crippen molar-refractivity contribution in [2.75, 3.05) is 34.5 Å². The Morgan fingerprint density at radius 1 is 0.448 bits per heavy atom. The largest absolute Gasteiger partial charge is 0.507 e. The first-order valence-corrected chi connectivity index (χ1v) is 41.0. The molecule has 4 aliphatic heterocycles. The molecule has 18 nitrogen and oxygen atoms in total. The third-order valence-corrected chi connectivity index (χ3v) is 31.6. The van der Waals surface area contributed by atoms with Gasteiger partial charge in [0, 0.05) is 65.2 Å². The molecule has 0 aromatic heterocycles. The number of hydrogen-bond donors (Lipinski definition) is 3. The van der Waals surface area contributed by atoms with Gasteiger partial charge in [0.15, 0.2) is 44.8 Å². The van der Waals surface area contributed by atoms with Gasteiger partial charge in [-0.25, -0.2) is 59.3 Å². The van der Waals surface area contributed by atoms with Crippen molar-refractivity contribution < 1.29 is 145 Å². The van der Waals surface area contributed by atoms with Gasteiger partial charge in [-0.2, -0.15) is 70.2 Å². The van der Waals surface area contributed by atoms with Crippen molar-refractivity contribution >= 4 is 105 Å². The molecule has 4 saturated heterocycles. The fourth-order valence-electron chi connectivity index (χ4n) is 7.84. The second kappa shape index (κ2) is 31.6. The van der Waals surface area contributed by atoms with Crippen LogP contribution in [0, 0.1) is 41.5 Å². The molecule has 0 bridgehead atoms. The number of halogens is 18. The first-order chi connectivity index (χ1) is 42.6. The molecule has 0 unspecified atom stereocenters. The number of benzene rings is 3. The molecule has 46 heteroatoms. The van der Waals surface area contributed by atoms with E-state index in [-0.39, 0.29) is 27.7 Å². The summed E-state index contributed by atoms with van der Waals surface area (Å²) in [7, 11) is -36.8. The Balaban J connectivity index is 0.000000395. The lowest BCUT2D eigenvalue weighted by Gasteiger charge is -2.42. The monoisotopic (exact) mass is 1610 g/mol. The summed E-state index contributed by atoms with van der Waals surface area (Å²) < 4.78 is 351. The van der Waals surface area contributed by atoms with Crippen molar-refractivity contribution in [3.8, 4) is 17.2 Å². The third kappa shape index (κ3) is 22.6. The minimum absolute atomic E-state index is 0.146. The molecule has 4 fully saturated rings. The summed E-state index contributed by atoms with van der Waals surface area (Å²) in [6, 6.07) is 13.0. The van der Waals surface area contributed by atoms with E-state index in [9.17, 15) is 145 Å². The number of phenolic OH excluding ortho intramolecular Hbond substituents is 3. The van der Waals surface area contributed by atoms with Crippen molar-refractivity contribution in [3.05, 3.63) is 82.2 Å². The van der Waals surface area contributed by atoms with Crippen LogP contribution in [0.3, 0.4) is 0 Å². The van der Waals surface area contributed by atoms with Crippen LogP contribution in [0.2, 0.25) is 0 Å². The lowest BCUT2D eigenvalue weighted by atomic mass is 10.1. The van der Waals surface area contributed by atoms with Crippen LogP contribution < -0.4 is 0 Å². The molecule has 0 aliphatic carbocycles. The van der Waals surface area contributed by atoms with Gasteiger partial charge in [-0.05, 0) is 157 Å². The van der Waals surface area contributed by atoms with Gasteiger partial charge in [-0.15, -0.1) is 0 Å². The Morgan fingerprint density at radius 2 is 0.677 bits per heavy atom. The maximum Gasteiger partial charge on any atom is 0.399 e. The zero-order valence-electron chi connectivity index (χ0n) is 51.6. The van der Waals surface area contributed by atoms with Gasteiger partial charge in [0.05, 0.1) is 6.42 Å². The maximum absolute atomic E-state index is 13.1. The maximum atomic E-state index is 13.1. The number of sulfonamides is 6. The molecular weight excluding hydrogens is 1550 g/mol. The van der Waals surface area contributed by atoms with Crippen LogP contribution in [0.4, 0.5) is 79.0 Å². The highest BCUT2D eigenvalue weighted by Crippen LogP contribution is 2.58. The summed E-state index contributed by atoms with van der Waals surface area (Å²) in [5.74, 6) is -1.40. The first-order valence-electron chi connectivity index (χ1n) is 26.8. The SMILES string of the molecule is CC(F)(F)CC(F)(F)S(=O)(=O)[N-]S(=O)(=O)C(F)(F)SC(C)(F)F.CC(F)(F)S(=O)(=O)[N-]S(=O)(=O)C(C)(F)F.Cc1cc([S+]2CCCC2)cc(C)c1O.Cc1cc([S+]2CCCC2)cc(C)c1O.Cc1cc([S+]2CCCC2)cc(C)c1O.O=S1(=O)[N-]S(=O)(=O)C(F)(F)C(F)(F)C1(F)F. The minimum atomic E-state index is -6.73. The summed E-state index contributed by atoms with van der Waals surface area (Å²) in [4.78, 5) is 4.36. The van der Waals surface area contributed by atoms with E-state index in [0.29, 0.717) is 49.9 Å². The van der Waals surface area contributed by atoms with Crippen LogP contribution in [-0.4, -0.2) is 148 Å². The number of rotatable bonds is 15. The Labute approximate surface area is 556 Å². The normalized spacial score (nSPS) is 19.4. The molecule has 556 valence electrons. The highest BCUT2D eigenvalue weighted by atomic mass is 32.3. The van der Waals surface area contributed by atoms with E-state index in [1.165, 1.54) is 96.0 Å². The molecule has 3 N–H and O–H groups in total. The lowest BCUT2D eigenvalue weighted by molar-refractivity contribution is -0.244. The number of phenols is 3. The van der Waals surface area contributed by atoms with E-state index in [1.807, 2.05) is 41.5 Å². The quantitative estimate of drug-likeness (QED) is 0.0940. The smallest absolute Gasteiger partial charge is 0.399 e. The Hall–Kier alpha value is -3.22. The topological polar surface area (TPSA) is 308 Å². The fraction of sp³-hybridized carbons (Fsp3) is 0.640. The van der Waals surface area contributed by atoms with E-state index in [2.05, 4.69) is 36.4 Å². The molecule has 7 rings (SSSR count). The fourth-order valence-corrected chi connectivity index (χ4v) is 23.9. The zero-order valence-corrected chi connectivity index (χ0v) is 59.8. The molecule has 0 amide bonds. The molecule has 4 heterocycles. The van der Waals surface area contributed by atoms with Gasteiger partial charge in [0.25, 0.3) is 11.2 Å². The summed E-state index contributed by atoms with van der Waals surface area (Å²) in [5, 5.41) is -2.55. The predicted molar refractivity (Wildman–Crippen MR) is 330 cm³/mol. The third-order valence-electron chi connectivity index (χ3n) is 12.9. The van der Waals surface area contributed by atoms with E-state index in [0.717, 1.165) is 37.5 Å². The number of hydrogen-bond acceptors (Lipinski definition) is 16. The molecule has 4 aliphatic rings. The molecule has 0 atom stereocenters. The molecule has 96 heavy (non-hydrogen) atoms. The minimum Gasteiger partial charge on any atom is -0.507 e. The van der Waals surface area contributed by atoms with Crippen molar-refractivity contribution in [2.45, 2.75) is 177 Å². The van der Waals surface area contributed by atoms with Crippen LogP contribution in [0.25, 0.3) is 12.4 Å². The van der Waals surface area contributed by atoms with Crippen LogP contribution in [0.5, 0.6) is 17.2 Å². The average molecular weight is 1610 g/mol. The first kappa shape index (κ1) is 88.9. The second-order valence-electron chi connectivity index (χ2n) is 21.6. The number of aryl methyl sites for hydroxylation is 6. The Morgan fingerprint density at radius 3 is 0.885 bits per heavy atom. The summed E-state index contributed by atoms with van der Waals surface area (Å²) >= 11 is -1.88. The summed E-state index contributed by atoms with van der Waals surface area (Å²) in [6.45, 7) is 11.3.